The van der Waals surface area contributed by atoms with Crippen LogP contribution in [0.2, 0.25) is 0 Å². The van der Waals surface area contributed by atoms with Crippen molar-refractivity contribution in [2.45, 2.75) is 20.1 Å². The van der Waals surface area contributed by atoms with Crippen LogP contribution < -0.4 is 15.2 Å². The van der Waals surface area contributed by atoms with E-state index in [1.54, 1.807) is 12.3 Å². The fourth-order valence-corrected chi connectivity index (χ4v) is 3.25. The van der Waals surface area contributed by atoms with E-state index in [0.717, 1.165) is 17.1 Å². The molecule has 0 atom stereocenters. The van der Waals surface area contributed by atoms with Gasteiger partial charge in [0, 0.05) is 6.07 Å². The first kappa shape index (κ1) is 19.2. The molecule has 0 fully saturated rings. The van der Waals surface area contributed by atoms with Crippen LogP contribution in [-0.4, -0.2) is 15.0 Å². The number of hydrogen-bond donors (Lipinski definition) is 1. The van der Waals surface area contributed by atoms with Crippen LogP contribution in [0.25, 0.3) is 11.5 Å². The van der Waals surface area contributed by atoms with Crippen molar-refractivity contribution in [3.63, 3.8) is 0 Å². The molecule has 0 bridgehead atoms. The number of nitrogen functional groups attached to an aromatic ring is 1. The maximum Gasteiger partial charge on any atom is 0.233 e. The second kappa shape index (κ2) is 8.52. The summed E-state index contributed by atoms with van der Waals surface area (Å²) < 4.78 is 22.8. The first-order valence-corrected chi connectivity index (χ1v) is 9.79. The minimum Gasteiger partial charge on any atom is -0.484 e. The fraction of sp³-hybridized carbons (Fsp3) is 0.150. The summed E-state index contributed by atoms with van der Waals surface area (Å²) in [6, 6.07) is 11.1. The minimum atomic E-state index is 0.111. The molecule has 0 saturated carbocycles. The molecule has 148 valence electrons. The van der Waals surface area contributed by atoms with Gasteiger partial charge in [-0.1, -0.05) is 6.07 Å². The largest absolute Gasteiger partial charge is 0.484 e. The first-order valence-electron chi connectivity index (χ1n) is 8.71. The van der Waals surface area contributed by atoms with Crippen molar-refractivity contribution in [3.05, 3.63) is 69.6 Å². The Bertz CT molecular complexity index is 1110. The predicted molar refractivity (Wildman–Crippen MR) is 113 cm³/mol. The molecule has 0 aliphatic carbocycles. The van der Waals surface area contributed by atoms with E-state index in [1.807, 2.05) is 37.3 Å². The molecule has 4 heterocycles. The van der Waals surface area contributed by atoms with E-state index in [1.165, 1.54) is 6.26 Å². The number of ether oxygens (including phenoxy) is 2. The zero-order chi connectivity index (χ0) is 20.2. The first-order chi connectivity index (χ1) is 14.1. The highest BCUT2D eigenvalue weighted by Crippen LogP contribution is 2.31. The lowest BCUT2D eigenvalue weighted by Crippen LogP contribution is -2.07. The van der Waals surface area contributed by atoms with Crippen LogP contribution in [0, 0.1) is 10.5 Å². The summed E-state index contributed by atoms with van der Waals surface area (Å²) in [6.07, 6.45) is 3.09. The number of hydrogen-bond acceptors (Lipinski definition) is 8. The molecule has 0 radical (unpaired) electrons. The average Bonchev–Trinajstić information content (AvgIpc) is 3.39. The van der Waals surface area contributed by atoms with E-state index >= 15 is 0 Å². The van der Waals surface area contributed by atoms with Gasteiger partial charge in [-0.25, -0.2) is 4.98 Å². The fourth-order valence-electron chi connectivity index (χ4n) is 2.59. The number of furan rings is 2. The topological polar surface area (TPSA) is 109 Å². The Morgan fingerprint density at radius 2 is 1.79 bits per heavy atom. The van der Waals surface area contributed by atoms with Crippen molar-refractivity contribution in [1.29, 1.82) is 0 Å². The van der Waals surface area contributed by atoms with Gasteiger partial charge in [0.2, 0.25) is 11.8 Å². The zero-order valence-electron chi connectivity index (χ0n) is 15.5. The van der Waals surface area contributed by atoms with Gasteiger partial charge < -0.3 is 24.0 Å². The predicted octanol–water partition coefficient (Wildman–Crippen LogP) is 4.38. The normalized spacial score (nSPS) is 10.8. The van der Waals surface area contributed by atoms with Crippen LogP contribution in [0.4, 0.5) is 5.95 Å². The lowest BCUT2D eigenvalue weighted by atomic mass is 10.3. The lowest BCUT2D eigenvalue weighted by Gasteiger charge is -2.10. The summed E-state index contributed by atoms with van der Waals surface area (Å²) in [5, 5.41) is 0. The van der Waals surface area contributed by atoms with Gasteiger partial charge in [0.15, 0.2) is 11.5 Å². The Morgan fingerprint density at radius 1 is 1.00 bits per heavy atom. The maximum absolute atomic E-state index is 5.88. The second-order valence-corrected chi connectivity index (χ2v) is 7.20. The van der Waals surface area contributed by atoms with Crippen LogP contribution in [-0.2, 0) is 13.2 Å². The third kappa shape index (κ3) is 4.67. The van der Waals surface area contributed by atoms with Crippen LogP contribution in [0.3, 0.4) is 0 Å². The summed E-state index contributed by atoms with van der Waals surface area (Å²) >= 11 is 2.12. The van der Waals surface area contributed by atoms with E-state index in [2.05, 4.69) is 37.5 Å². The molecule has 0 aliphatic heterocycles. The number of rotatable bonds is 7. The van der Waals surface area contributed by atoms with Gasteiger partial charge in [0.1, 0.15) is 34.5 Å². The Hall–Kier alpha value is -3.08. The molecule has 9 heteroatoms. The Balaban J connectivity index is 1.47. The van der Waals surface area contributed by atoms with E-state index < -0.39 is 0 Å². The van der Waals surface area contributed by atoms with Gasteiger partial charge >= 0.3 is 0 Å². The van der Waals surface area contributed by atoms with Gasteiger partial charge in [0.25, 0.3) is 0 Å². The van der Waals surface area contributed by atoms with E-state index in [-0.39, 0.29) is 12.6 Å². The molecular weight excluding hydrogens is 487 g/mol. The van der Waals surface area contributed by atoms with E-state index in [0.29, 0.717) is 33.3 Å². The Labute approximate surface area is 180 Å². The van der Waals surface area contributed by atoms with Crippen molar-refractivity contribution in [2.75, 3.05) is 5.73 Å². The molecule has 0 amide bonds. The highest BCUT2D eigenvalue weighted by Gasteiger charge is 2.17. The molecule has 0 unspecified atom stereocenters. The maximum atomic E-state index is 5.88. The second-order valence-electron chi connectivity index (χ2n) is 6.12. The van der Waals surface area contributed by atoms with Crippen molar-refractivity contribution in [1.82, 2.24) is 15.0 Å². The third-order valence-corrected chi connectivity index (χ3v) is 4.89. The summed E-state index contributed by atoms with van der Waals surface area (Å²) in [7, 11) is 0. The van der Waals surface area contributed by atoms with Crippen LogP contribution >= 0.6 is 22.6 Å². The zero-order valence-corrected chi connectivity index (χ0v) is 17.6. The van der Waals surface area contributed by atoms with Crippen molar-refractivity contribution < 1.29 is 18.3 Å². The molecule has 8 nitrogen and oxygen atoms in total. The van der Waals surface area contributed by atoms with Crippen molar-refractivity contribution in [2.24, 2.45) is 0 Å². The Morgan fingerprint density at radius 3 is 2.48 bits per heavy atom. The highest BCUT2D eigenvalue weighted by atomic mass is 127. The third-order valence-electron chi connectivity index (χ3n) is 3.91. The molecule has 0 spiro atoms. The van der Waals surface area contributed by atoms with Crippen LogP contribution in [0.15, 0.2) is 57.8 Å². The summed E-state index contributed by atoms with van der Waals surface area (Å²) in [5.74, 6) is 2.54. The molecule has 0 aromatic carbocycles. The summed E-state index contributed by atoms with van der Waals surface area (Å²) in [4.78, 5) is 13.0. The highest BCUT2D eigenvalue weighted by molar-refractivity contribution is 14.1. The van der Waals surface area contributed by atoms with Gasteiger partial charge in [-0.2, -0.15) is 4.98 Å². The number of nitrogens with zero attached hydrogens (tertiary/aromatic N) is 3. The van der Waals surface area contributed by atoms with Crippen molar-refractivity contribution in [3.8, 4) is 23.1 Å². The monoisotopic (exact) mass is 504 g/mol. The molecular formula is C20H17IN4O4. The molecule has 0 aliphatic rings. The molecule has 4 rings (SSSR count). The number of pyridine rings is 1. The van der Waals surface area contributed by atoms with E-state index in [9.17, 15) is 0 Å². The van der Waals surface area contributed by atoms with Crippen LogP contribution in [0.1, 0.15) is 17.1 Å². The number of anilines is 1. The van der Waals surface area contributed by atoms with Gasteiger partial charge in [0.05, 0.1) is 17.7 Å². The average molecular weight is 504 g/mol. The minimum absolute atomic E-state index is 0.111. The lowest BCUT2D eigenvalue weighted by molar-refractivity contribution is 0.280. The molecule has 4 aromatic rings. The quantitative estimate of drug-likeness (QED) is 0.370. The van der Waals surface area contributed by atoms with Gasteiger partial charge in [-0.15, -0.1) is 0 Å². The SMILES string of the molecule is Cc1ccc(-c2nc(N)nc(OCc3cccc(COc4ccoc4)n3)c2I)o1. The molecule has 4 aromatic heterocycles. The Kier molecular flexibility index (Phi) is 5.65. The number of aromatic nitrogens is 3. The number of nitrogens with two attached hydrogens (primary N) is 1. The van der Waals surface area contributed by atoms with Crippen molar-refractivity contribution >= 4 is 28.5 Å². The molecule has 0 saturated heterocycles. The molecule has 2 N–H and O–H groups in total. The summed E-state index contributed by atoms with van der Waals surface area (Å²) in [6.45, 7) is 2.42. The smallest absolute Gasteiger partial charge is 0.233 e. The van der Waals surface area contributed by atoms with E-state index in [4.69, 9.17) is 24.0 Å². The van der Waals surface area contributed by atoms with Crippen LogP contribution in [0.5, 0.6) is 11.6 Å². The van der Waals surface area contributed by atoms with Gasteiger partial charge in [-0.3, -0.25) is 4.98 Å². The standard InChI is InChI=1S/C20H17IN4O4/c1-12-5-6-16(29-12)18-17(21)19(25-20(22)24-18)28-10-14-4-2-3-13(23-14)9-27-15-7-8-26-11-15/h2-8,11H,9-10H2,1H3,(H2,22,24,25). The molecule has 29 heavy (non-hydrogen) atoms. The summed E-state index contributed by atoms with van der Waals surface area (Å²) in [5.41, 5.74) is 7.97. The number of aryl methyl sites for hydroxylation is 1. The van der Waals surface area contributed by atoms with Gasteiger partial charge in [-0.05, 0) is 53.8 Å². The number of halogens is 1.